The van der Waals surface area contributed by atoms with Crippen molar-refractivity contribution in [1.29, 1.82) is 0 Å². The lowest BCUT2D eigenvalue weighted by Crippen LogP contribution is -2.41. The fourth-order valence-electron chi connectivity index (χ4n) is 2.26. The van der Waals surface area contributed by atoms with Crippen molar-refractivity contribution >= 4 is 29.9 Å². The molecule has 0 spiro atoms. The lowest BCUT2D eigenvalue weighted by Gasteiger charge is -2.18. The second kappa shape index (κ2) is 12.4. The number of nitrogens with one attached hydrogen (secondary N) is 2. The van der Waals surface area contributed by atoms with Crippen molar-refractivity contribution in [3.63, 3.8) is 0 Å². The summed E-state index contributed by atoms with van der Waals surface area (Å²) in [4.78, 5) is 7.83. The first-order valence-corrected chi connectivity index (χ1v) is 8.76. The topological polar surface area (TPSA) is 67.8 Å². The first kappa shape index (κ1) is 25.7. The summed E-state index contributed by atoms with van der Waals surface area (Å²) in [6, 6.07) is 8.92. The molecule has 0 bridgehead atoms. The normalized spacial score (nSPS) is 12.5. The van der Waals surface area contributed by atoms with Gasteiger partial charge in [0.25, 0.3) is 0 Å². The number of rotatable bonds is 8. The van der Waals surface area contributed by atoms with Crippen molar-refractivity contribution in [1.82, 2.24) is 15.6 Å². The highest BCUT2D eigenvalue weighted by Crippen LogP contribution is 2.17. The molecule has 0 saturated carbocycles. The molecule has 2 N–H and O–H groups in total. The van der Waals surface area contributed by atoms with Gasteiger partial charge < -0.3 is 20.1 Å². The van der Waals surface area contributed by atoms with Crippen LogP contribution in [-0.2, 0) is 6.54 Å². The zero-order valence-electron chi connectivity index (χ0n) is 16.4. The Kier molecular flexibility index (Phi) is 10.6. The summed E-state index contributed by atoms with van der Waals surface area (Å²) in [5.41, 5.74) is 0.671. The molecule has 11 heteroatoms. The minimum absolute atomic E-state index is 0. The molecule has 0 saturated heterocycles. The van der Waals surface area contributed by atoms with E-state index in [9.17, 15) is 17.6 Å². The molecule has 1 unspecified atom stereocenters. The van der Waals surface area contributed by atoms with Gasteiger partial charge in [0.1, 0.15) is 17.7 Å². The van der Waals surface area contributed by atoms with Gasteiger partial charge >= 0.3 is 6.18 Å². The molecule has 0 radical (unpaired) electrons. The first-order chi connectivity index (χ1) is 13.7. The van der Waals surface area contributed by atoms with Crippen LogP contribution >= 0.6 is 24.0 Å². The number of hydrogen-bond acceptors (Lipinski definition) is 4. The van der Waals surface area contributed by atoms with E-state index < -0.39 is 12.8 Å². The number of nitrogens with zero attached hydrogens (tertiary/aromatic N) is 2. The van der Waals surface area contributed by atoms with Crippen LogP contribution in [0.15, 0.2) is 47.6 Å². The van der Waals surface area contributed by atoms with Gasteiger partial charge in [0.2, 0.25) is 5.88 Å². The fourth-order valence-corrected chi connectivity index (χ4v) is 2.26. The summed E-state index contributed by atoms with van der Waals surface area (Å²) in [6.45, 7) is 1.11. The van der Waals surface area contributed by atoms with E-state index in [1.807, 2.05) is 6.92 Å². The van der Waals surface area contributed by atoms with Crippen LogP contribution < -0.4 is 20.1 Å². The van der Waals surface area contributed by atoms with Gasteiger partial charge in [-0.3, -0.25) is 4.99 Å². The average molecular weight is 542 g/mol. The Labute approximate surface area is 189 Å². The maximum atomic E-state index is 13.2. The van der Waals surface area contributed by atoms with Crippen molar-refractivity contribution in [2.45, 2.75) is 25.7 Å². The van der Waals surface area contributed by atoms with Gasteiger partial charge in [0, 0.05) is 31.9 Å². The molecule has 0 aliphatic rings. The van der Waals surface area contributed by atoms with Crippen LogP contribution in [0.1, 0.15) is 12.5 Å². The maximum Gasteiger partial charge on any atom is 0.422 e. The number of halogens is 5. The summed E-state index contributed by atoms with van der Waals surface area (Å²) in [5, 5.41) is 6.09. The van der Waals surface area contributed by atoms with Gasteiger partial charge in [-0.1, -0.05) is 6.07 Å². The molecular formula is C19H23F4IN4O2. The molecule has 6 nitrogen and oxygen atoms in total. The molecule has 0 aliphatic carbocycles. The van der Waals surface area contributed by atoms with E-state index in [2.05, 4.69) is 25.3 Å². The fraction of sp³-hybridized carbons (Fsp3) is 0.368. The molecule has 0 aliphatic heterocycles. The van der Waals surface area contributed by atoms with Crippen molar-refractivity contribution in [2.24, 2.45) is 4.99 Å². The third kappa shape index (κ3) is 9.94. The summed E-state index contributed by atoms with van der Waals surface area (Å²) in [6.07, 6.45) is -3.32. The molecule has 1 aromatic heterocycles. The predicted octanol–water partition coefficient (Wildman–Crippen LogP) is 3.91. The van der Waals surface area contributed by atoms with Crippen LogP contribution in [0.5, 0.6) is 11.6 Å². The molecule has 1 heterocycles. The highest BCUT2D eigenvalue weighted by atomic mass is 127. The quantitative estimate of drug-likeness (QED) is 0.229. The minimum Gasteiger partial charge on any atom is -0.489 e. The Balaban J connectivity index is 0.00000450. The second-order valence-corrected chi connectivity index (χ2v) is 6.10. The van der Waals surface area contributed by atoms with Gasteiger partial charge in [-0.05, 0) is 30.7 Å². The van der Waals surface area contributed by atoms with Gasteiger partial charge in [-0.2, -0.15) is 13.2 Å². The molecule has 1 aromatic carbocycles. The first-order valence-electron chi connectivity index (χ1n) is 8.76. The SMILES string of the molecule is CN=C(NCc1ccnc(OCC(F)(F)F)c1)NCC(C)Oc1cccc(F)c1.I. The molecule has 30 heavy (non-hydrogen) atoms. The molecule has 2 aromatic rings. The van der Waals surface area contributed by atoms with Crippen LogP contribution in [-0.4, -0.2) is 43.4 Å². The van der Waals surface area contributed by atoms with Crippen molar-refractivity contribution in [3.8, 4) is 11.6 Å². The number of aromatic nitrogens is 1. The molecule has 0 amide bonds. The van der Waals surface area contributed by atoms with Crippen molar-refractivity contribution in [2.75, 3.05) is 20.2 Å². The average Bonchev–Trinajstić information content (AvgIpc) is 2.66. The number of ether oxygens (including phenoxy) is 2. The smallest absolute Gasteiger partial charge is 0.422 e. The van der Waals surface area contributed by atoms with E-state index >= 15 is 0 Å². The monoisotopic (exact) mass is 542 g/mol. The zero-order chi connectivity index (χ0) is 21.3. The summed E-state index contributed by atoms with van der Waals surface area (Å²) < 4.78 is 60.1. The Morgan fingerprint density at radius 1 is 1.20 bits per heavy atom. The van der Waals surface area contributed by atoms with E-state index in [1.54, 1.807) is 25.2 Å². The lowest BCUT2D eigenvalue weighted by atomic mass is 10.2. The summed E-state index contributed by atoms with van der Waals surface area (Å²) in [5.74, 6) is 0.400. The number of pyridine rings is 1. The van der Waals surface area contributed by atoms with Crippen LogP contribution in [0, 0.1) is 5.82 Å². The highest BCUT2D eigenvalue weighted by molar-refractivity contribution is 14.0. The second-order valence-electron chi connectivity index (χ2n) is 6.10. The third-order valence-electron chi connectivity index (χ3n) is 3.56. The highest BCUT2D eigenvalue weighted by Gasteiger charge is 2.28. The number of hydrogen-bond donors (Lipinski definition) is 2. The van der Waals surface area contributed by atoms with Gasteiger partial charge in [-0.25, -0.2) is 9.37 Å². The largest absolute Gasteiger partial charge is 0.489 e. The van der Waals surface area contributed by atoms with E-state index in [-0.39, 0.29) is 41.8 Å². The predicted molar refractivity (Wildman–Crippen MR) is 116 cm³/mol. The van der Waals surface area contributed by atoms with Crippen molar-refractivity contribution < 1.29 is 27.0 Å². The van der Waals surface area contributed by atoms with Crippen LogP contribution in [0.4, 0.5) is 17.6 Å². The maximum absolute atomic E-state index is 13.2. The van der Waals surface area contributed by atoms with E-state index in [0.717, 1.165) is 0 Å². The van der Waals surface area contributed by atoms with E-state index in [0.29, 0.717) is 30.4 Å². The van der Waals surface area contributed by atoms with Crippen molar-refractivity contribution in [3.05, 3.63) is 54.0 Å². The number of benzene rings is 1. The minimum atomic E-state index is -4.42. The number of guanidine groups is 1. The molecular weight excluding hydrogens is 519 g/mol. The van der Waals surface area contributed by atoms with Crippen LogP contribution in [0.2, 0.25) is 0 Å². The Hall–Kier alpha value is -2.31. The van der Waals surface area contributed by atoms with Gasteiger partial charge in [0.05, 0.1) is 6.54 Å². The molecule has 2 rings (SSSR count). The molecule has 1 atom stereocenters. The Morgan fingerprint density at radius 2 is 1.97 bits per heavy atom. The van der Waals surface area contributed by atoms with Gasteiger partial charge in [0.15, 0.2) is 12.6 Å². The zero-order valence-corrected chi connectivity index (χ0v) is 18.7. The molecule has 166 valence electrons. The standard InChI is InChI=1S/C19H22F4N4O2.HI/c1-13(29-16-5-3-4-15(20)9-16)10-26-18(24-2)27-11-14-6-7-25-17(8-14)28-12-19(21,22)23;/h3-9,13H,10-12H2,1-2H3,(H2,24,26,27);1H. The van der Waals surface area contributed by atoms with Gasteiger partial charge in [-0.15, -0.1) is 24.0 Å². The lowest BCUT2D eigenvalue weighted by molar-refractivity contribution is -0.154. The Bertz CT molecular complexity index is 821. The number of alkyl halides is 3. The van der Waals surface area contributed by atoms with Crippen LogP contribution in [0.3, 0.4) is 0 Å². The van der Waals surface area contributed by atoms with E-state index in [1.165, 1.54) is 24.4 Å². The van der Waals surface area contributed by atoms with Crippen LogP contribution in [0.25, 0.3) is 0 Å². The van der Waals surface area contributed by atoms with E-state index in [4.69, 9.17) is 4.74 Å². The molecule has 0 fully saturated rings. The summed E-state index contributed by atoms with van der Waals surface area (Å²) in [7, 11) is 1.58. The number of aliphatic imine (C=N–C) groups is 1. The Morgan fingerprint density at radius 3 is 2.63 bits per heavy atom. The summed E-state index contributed by atoms with van der Waals surface area (Å²) >= 11 is 0. The third-order valence-corrected chi connectivity index (χ3v) is 3.56.